The highest BCUT2D eigenvalue weighted by molar-refractivity contribution is 5.97. The minimum absolute atomic E-state index is 0.159. The second-order valence-corrected chi connectivity index (χ2v) is 4.35. The van der Waals surface area contributed by atoms with Gasteiger partial charge in [0, 0.05) is 12.7 Å². The van der Waals surface area contributed by atoms with Crippen LogP contribution in [0, 0.1) is 12.8 Å². The summed E-state index contributed by atoms with van der Waals surface area (Å²) in [6, 6.07) is -0.836. The van der Waals surface area contributed by atoms with Crippen molar-refractivity contribution in [1.29, 1.82) is 0 Å². The second kappa shape index (κ2) is 4.99. The van der Waals surface area contributed by atoms with Crippen molar-refractivity contribution < 1.29 is 14.7 Å². The van der Waals surface area contributed by atoms with E-state index in [9.17, 15) is 9.59 Å². The predicted molar refractivity (Wildman–Crippen MR) is 61.7 cm³/mol. The number of aromatic nitrogens is 2. The van der Waals surface area contributed by atoms with E-state index in [0.29, 0.717) is 11.3 Å². The molecule has 0 fully saturated rings. The summed E-state index contributed by atoms with van der Waals surface area (Å²) >= 11 is 0. The Morgan fingerprint density at radius 1 is 1.47 bits per heavy atom. The van der Waals surface area contributed by atoms with Gasteiger partial charge in [-0.1, -0.05) is 13.8 Å². The van der Waals surface area contributed by atoms with Crippen molar-refractivity contribution in [3.63, 3.8) is 0 Å². The molecule has 0 aliphatic heterocycles. The van der Waals surface area contributed by atoms with Crippen LogP contribution < -0.4 is 0 Å². The summed E-state index contributed by atoms with van der Waals surface area (Å²) in [5.74, 6) is -1.50. The van der Waals surface area contributed by atoms with Crippen molar-refractivity contribution in [2.45, 2.75) is 26.8 Å². The number of carboxylic acid groups (broad SMARTS) is 1. The predicted octanol–water partition coefficient (Wildman–Crippen LogP) is 0.899. The molecule has 0 saturated carbocycles. The maximum absolute atomic E-state index is 12.1. The summed E-state index contributed by atoms with van der Waals surface area (Å²) in [5, 5.41) is 15.5. The van der Waals surface area contributed by atoms with Crippen molar-refractivity contribution >= 4 is 11.9 Å². The van der Waals surface area contributed by atoms with Crippen molar-refractivity contribution in [2.24, 2.45) is 5.92 Å². The Bertz CT molecular complexity index is 425. The first-order valence-corrected chi connectivity index (χ1v) is 5.36. The van der Waals surface area contributed by atoms with E-state index >= 15 is 0 Å². The Balaban J connectivity index is 2.96. The number of aryl methyl sites for hydroxylation is 1. The highest BCUT2D eigenvalue weighted by Crippen LogP contribution is 2.14. The smallest absolute Gasteiger partial charge is 0.326 e. The molecule has 0 saturated heterocycles. The number of rotatable bonds is 4. The lowest BCUT2D eigenvalue weighted by Crippen LogP contribution is -2.45. The summed E-state index contributed by atoms with van der Waals surface area (Å²) in [6.07, 6.45) is 1.41. The van der Waals surface area contributed by atoms with Gasteiger partial charge in [-0.3, -0.25) is 9.89 Å². The Kier molecular flexibility index (Phi) is 3.88. The van der Waals surface area contributed by atoms with E-state index in [2.05, 4.69) is 10.2 Å². The summed E-state index contributed by atoms with van der Waals surface area (Å²) in [7, 11) is 1.49. The molecule has 1 heterocycles. The fourth-order valence-electron chi connectivity index (χ4n) is 1.78. The molecular weight excluding hydrogens is 222 g/mol. The van der Waals surface area contributed by atoms with Gasteiger partial charge >= 0.3 is 5.97 Å². The standard InChI is InChI=1S/C11H17N3O3/c1-6(2)9(11(16)17)14(4)10(15)8-5-12-13-7(8)3/h5-6,9H,1-4H3,(H,12,13)(H,16,17). The van der Waals surface area contributed by atoms with Gasteiger partial charge in [0.2, 0.25) is 0 Å². The molecule has 1 rings (SSSR count). The molecule has 2 N–H and O–H groups in total. The van der Waals surface area contributed by atoms with E-state index in [1.165, 1.54) is 18.1 Å². The van der Waals surface area contributed by atoms with Crippen molar-refractivity contribution in [1.82, 2.24) is 15.1 Å². The van der Waals surface area contributed by atoms with Crippen LogP contribution in [0.3, 0.4) is 0 Å². The van der Waals surface area contributed by atoms with E-state index in [-0.39, 0.29) is 11.8 Å². The number of H-pyrrole nitrogens is 1. The average Bonchev–Trinajstić information content (AvgIpc) is 2.62. The van der Waals surface area contributed by atoms with Gasteiger partial charge in [-0.2, -0.15) is 5.10 Å². The van der Waals surface area contributed by atoms with E-state index in [1.807, 2.05) is 0 Å². The summed E-state index contributed by atoms with van der Waals surface area (Å²) in [5.41, 5.74) is 1.04. The number of carbonyl (C=O) groups excluding carboxylic acids is 1. The number of aromatic amines is 1. The quantitative estimate of drug-likeness (QED) is 0.817. The molecule has 6 heteroatoms. The lowest BCUT2D eigenvalue weighted by Gasteiger charge is -2.27. The topological polar surface area (TPSA) is 86.3 Å². The Labute approximate surface area is 99.6 Å². The lowest BCUT2D eigenvalue weighted by molar-refractivity contribution is -0.143. The van der Waals surface area contributed by atoms with Crippen molar-refractivity contribution in [3.05, 3.63) is 17.5 Å². The number of amides is 1. The highest BCUT2D eigenvalue weighted by Gasteiger charge is 2.30. The zero-order chi connectivity index (χ0) is 13.2. The van der Waals surface area contributed by atoms with Crippen LogP contribution in [0.15, 0.2) is 6.20 Å². The molecule has 1 unspecified atom stereocenters. The van der Waals surface area contributed by atoms with Crippen LogP contribution in [0.25, 0.3) is 0 Å². The molecule has 0 radical (unpaired) electrons. The van der Waals surface area contributed by atoms with Crippen molar-refractivity contribution in [3.8, 4) is 0 Å². The monoisotopic (exact) mass is 239 g/mol. The Hall–Kier alpha value is -1.85. The van der Waals surface area contributed by atoms with Crippen LogP contribution >= 0.6 is 0 Å². The first kappa shape index (κ1) is 13.2. The van der Waals surface area contributed by atoms with Crippen LogP contribution in [0.5, 0.6) is 0 Å². The zero-order valence-electron chi connectivity index (χ0n) is 10.4. The van der Waals surface area contributed by atoms with Gasteiger partial charge in [0.1, 0.15) is 6.04 Å². The average molecular weight is 239 g/mol. The molecule has 1 amide bonds. The maximum Gasteiger partial charge on any atom is 0.326 e. The molecule has 0 aliphatic carbocycles. The minimum atomic E-state index is -1.00. The fraction of sp³-hybridized carbons (Fsp3) is 0.545. The first-order chi connectivity index (χ1) is 7.86. The summed E-state index contributed by atoms with van der Waals surface area (Å²) in [6.45, 7) is 5.26. The van der Waals surface area contributed by atoms with E-state index < -0.39 is 12.0 Å². The minimum Gasteiger partial charge on any atom is -0.480 e. The maximum atomic E-state index is 12.1. The Morgan fingerprint density at radius 3 is 2.41 bits per heavy atom. The molecule has 1 aromatic rings. The number of likely N-dealkylation sites (N-methyl/N-ethyl adjacent to an activating group) is 1. The molecule has 0 aromatic carbocycles. The van der Waals surface area contributed by atoms with Crippen LogP contribution in [-0.4, -0.2) is 45.2 Å². The number of hydrogen-bond donors (Lipinski definition) is 2. The third-order valence-electron chi connectivity index (χ3n) is 2.68. The number of carbonyl (C=O) groups is 2. The fourth-order valence-corrected chi connectivity index (χ4v) is 1.78. The molecule has 0 aliphatic rings. The van der Waals surface area contributed by atoms with Gasteiger partial charge in [-0.25, -0.2) is 4.79 Å². The van der Waals surface area contributed by atoms with Gasteiger partial charge in [-0.15, -0.1) is 0 Å². The van der Waals surface area contributed by atoms with Gasteiger partial charge in [-0.05, 0) is 12.8 Å². The summed E-state index contributed by atoms with van der Waals surface area (Å²) in [4.78, 5) is 24.4. The third kappa shape index (κ3) is 2.64. The van der Waals surface area contributed by atoms with Crippen LogP contribution in [0.4, 0.5) is 0 Å². The molecule has 17 heavy (non-hydrogen) atoms. The van der Waals surface area contributed by atoms with E-state index in [4.69, 9.17) is 5.11 Å². The second-order valence-electron chi connectivity index (χ2n) is 4.35. The summed E-state index contributed by atoms with van der Waals surface area (Å²) < 4.78 is 0. The lowest BCUT2D eigenvalue weighted by atomic mass is 10.0. The van der Waals surface area contributed by atoms with Gasteiger partial charge in [0.25, 0.3) is 5.91 Å². The number of nitrogens with zero attached hydrogens (tertiary/aromatic N) is 2. The third-order valence-corrected chi connectivity index (χ3v) is 2.68. The van der Waals surface area contributed by atoms with Crippen LogP contribution in [0.1, 0.15) is 29.9 Å². The molecule has 1 atom stereocenters. The molecule has 0 bridgehead atoms. The number of aliphatic carboxylic acids is 1. The molecule has 94 valence electrons. The normalized spacial score (nSPS) is 12.5. The van der Waals surface area contributed by atoms with E-state index in [0.717, 1.165) is 0 Å². The van der Waals surface area contributed by atoms with Crippen molar-refractivity contribution in [2.75, 3.05) is 7.05 Å². The number of carboxylic acids is 1. The number of nitrogens with one attached hydrogen (secondary N) is 1. The molecule has 1 aromatic heterocycles. The molecular formula is C11H17N3O3. The van der Waals surface area contributed by atoms with Gasteiger partial charge < -0.3 is 10.0 Å². The SMILES string of the molecule is Cc1[nH]ncc1C(=O)N(C)C(C(=O)O)C(C)C. The van der Waals surface area contributed by atoms with Crippen LogP contribution in [0.2, 0.25) is 0 Å². The van der Waals surface area contributed by atoms with E-state index in [1.54, 1.807) is 20.8 Å². The first-order valence-electron chi connectivity index (χ1n) is 5.36. The number of hydrogen-bond acceptors (Lipinski definition) is 3. The van der Waals surface area contributed by atoms with Gasteiger partial charge in [0.15, 0.2) is 0 Å². The zero-order valence-corrected chi connectivity index (χ0v) is 10.4. The highest BCUT2D eigenvalue weighted by atomic mass is 16.4. The van der Waals surface area contributed by atoms with Gasteiger partial charge in [0.05, 0.1) is 11.8 Å². The largest absolute Gasteiger partial charge is 0.480 e. The Morgan fingerprint density at radius 2 is 2.06 bits per heavy atom. The molecule has 6 nitrogen and oxygen atoms in total. The van der Waals surface area contributed by atoms with Crippen LogP contribution in [-0.2, 0) is 4.79 Å². The molecule has 0 spiro atoms.